The van der Waals surface area contributed by atoms with E-state index in [1.807, 2.05) is 19.1 Å². The molecule has 1 aromatic carbocycles. The molecular formula is C14H21NO4. The summed E-state index contributed by atoms with van der Waals surface area (Å²) >= 11 is 0. The van der Waals surface area contributed by atoms with Crippen molar-refractivity contribution >= 4 is 5.97 Å². The average Bonchev–Trinajstić information content (AvgIpc) is 2.38. The van der Waals surface area contributed by atoms with Crippen LogP contribution in [0.15, 0.2) is 12.1 Å². The van der Waals surface area contributed by atoms with E-state index in [4.69, 9.17) is 14.6 Å². The second kappa shape index (κ2) is 6.43. The molecule has 1 unspecified atom stereocenters. The van der Waals surface area contributed by atoms with Crippen LogP contribution in [0.25, 0.3) is 0 Å². The quantitative estimate of drug-likeness (QED) is 0.853. The lowest BCUT2D eigenvalue weighted by Crippen LogP contribution is -2.35. The maximum Gasteiger partial charge on any atom is 0.320 e. The summed E-state index contributed by atoms with van der Waals surface area (Å²) < 4.78 is 10.6. The number of rotatable bonds is 6. The van der Waals surface area contributed by atoms with E-state index in [0.29, 0.717) is 6.54 Å². The highest BCUT2D eigenvalue weighted by Gasteiger charge is 2.19. The summed E-state index contributed by atoms with van der Waals surface area (Å²) in [6.07, 6.45) is 0. The van der Waals surface area contributed by atoms with Gasteiger partial charge in [-0.25, -0.2) is 0 Å². The Morgan fingerprint density at radius 3 is 2.37 bits per heavy atom. The summed E-state index contributed by atoms with van der Waals surface area (Å²) in [6.45, 7) is 4.07. The van der Waals surface area contributed by atoms with E-state index in [9.17, 15) is 4.79 Å². The molecule has 1 rings (SSSR count). The van der Waals surface area contributed by atoms with Crippen LogP contribution in [-0.4, -0.2) is 43.3 Å². The van der Waals surface area contributed by atoms with Gasteiger partial charge in [-0.3, -0.25) is 9.69 Å². The second-order valence-corrected chi connectivity index (χ2v) is 4.56. The van der Waals surface area contributed by atoms with E-state index >= 15 is 0 Å². The number of carbonyl (C=O) groups is 1. The first-order valence-electron chi connectivity index (χ1n) is 6.05. The summed E-state index contributed by atoms with van der Waals surface area (Å²) in [4.78, 5) is 12.7. The van der Waals surface area contributed by atoms with Gasteiger partial charge in [-0.05, 0) is 38.6 Å². The van der Waals surface area contributed by atoms with Gasteiger partial charge in [-0.2, -0.15) is 0 Å². The zero-order valence-electron chi connectivity index (χ0n) is 12.1. The third-order valence-electron chi connectivity index (χ3n) is 3.24. The minimum absolute atomic E-state index is 0.479. The average molecular weight is 267 g/mol. The molecule has 0 saturated heterocycles. The Morgan fingerprint density at radius 1 is 1.32 bits per heavy atom. The van der Waals surface area contributed by atoms with Gasteiger partial charge in [0.05, 0.1) is 14.2 Å². The molecule has 0 saturated carbocycles. The van der Waals surface area contributed by atoms with Crippen molar-refractivity contribution < 1.29 is 19.4 Å². The maximum absolute atomic E-state index is 11.0. The van der Waals surface area contributed by atoms with Gasteiger partial charge >= 0.3 is 5.97 Å². The first-order valence-corrected chi connectivity index (χ1v) is 6.05. The van der Waals surface area contributed by atoms with Crippen LogP contribution in [0.5, 0.6) is 11.5 Å². The number of aryl methyl sites for hydroxylation is 1. The predicted octanol–water partition coefficient (Wildman–Crippen LogP) is 1.92. The number of carboxylic acids is 1. The lowest BCUT2D eigenvalue weighted by atomic mass is 10.1. The van der Waals surface area contributed by atoms with Crippen LogP contribution < -0.4 is 9.47 Å². The molecule has 0 spiro atoms. The SMILES string of the molecule is COc1cc(CN(C)C(C)C(=O)O)c(OC)cc1C. The van der Waals surface area contributed by atoms with E-state index in [1.165, 1.54) is 0 Å². The van der Waals surface area contributed by atoms with Gasteiger partial charge in [0.2, 0.25) is 0 Å². The Bertz CT molecular complexity index is 459. The number of likely N-dealkylation sites (N-methyl/N-ethyl adjacent to an activating group) is 1. The number of hydrogen-bond acceptors (Lipinski definition) is 4. The number of hydrogen-bond donors (Lipinski definition) is 1. The van der Waals surface area contributed by atoms with Crippen molar-refractivity contribution in [1.82, 2.24) is 4.90 Å². The number of benzene rings is 1. The van der Waals surface area contributed by atoms with Crippen molar-refractivity contribution in [1.29, 1.82) is 0 Å². The molecule has 0 bridgehead atoms. The van der Waals surface area contributed by atoms with Gasteiger partial charge in [0.1, 0.15) is 17.5 Å². The van der Waals surface area contributed by atoms with E-state index in [1.54, 1.807) is 33.1 Å². The van der Waals surface area contributed by atoms with Crippen LogP contribution >= 0.6 is 0 Å². The fourth-order valence-corrected chi connectivity index (χ4v) is 1.83. The van der Waals surface area contributed by atoms with Crippen molar-refractivity contribution in [2.24, 2.45) is 0 Å². The fourth-order valence-electron chi connectivity index (χ4n) is 1.83. The van der Waals surface area contributed by atoms with Crippen LogP contribution in [0.1, 0.15) is 18.1 Å². The minimum Gasteiger partial charge on any atom is -0.496 e. The first-order chi connectivity index (χ1) is 8.90. The largest absolute Gasteiger partial charge is 0.496 e. The number of methoxy groups -OCH3 is 2. The Hall–Kier alpha value is -1.75. The topological polar surface area (TPSA) is 59.0 Å². The van der Waals surface area contributed by atoms with Crippen LogP contribution in [0.3, 0.4) is 0 Å². The monoisotopic (exact) mass is 267 g/mol. The Balaban J connectivity index is 3.02. The lowest BCUT2D eigenvalue weighted by molar-refractivity contribution is -0.142. The van der Waals surface area contributed by atoms with E-state index < -0.39 is 12.0 Å². The van der Waals surface area contributed by atoms with Gasteiger partial charge in [0.15, 0.2) is 0 Å². The van der Waals surface area contributed by atoms with E-state index in [2.05, 4.69) is 0 Å². The standard InChI is InChI=1S/C14H21NO4/c1-9-6-13(19-5)11(7-12(9)18-4)8-15(3)10(2)14(16)17/h6-7,10H,8H2,1-5H3,(H,16,17). The molecule has 0 radical (unpaired) electrons. The van der Waals surface area contributed by atoms with Gasteiger partial charge < -0.3 is 14.6 Å². The van der Waals surface area contributed by atoms with Gasteiger partial charge in [-0.15, -0.1) is 0 Å². The molecule has 5 heteroatoms. The summed E-state index contributed by atoms with van der Waals surface area (Å²) in [5, 5.41) is 9.00. The molecule has 106 valence electrons. The molecule has 0 amide bonds. The summed E-state index contributed by atoms with van der Waals surface area (Å²) in [5.41, 5.74) is 1.89. The minimum atomic E-state index is -0.847. The van der Waals surface area contributed by atoms with Crippen molar-refractivity contribution in [3.8, 4) is 11.5 Å². The molecule has 0 aliphatic carbocycles. The Kier molecular flexibility index (Phi) is 5.18. The highest BCUT2D eigenvalue weighted by atomic mass is 16.5. The van der Waals surface area contributed by atoms with E-state index in [0.717, 1.165) is 22.6 Å². The van der Waals surface area contributed by atoms with Gasteiger partial charge in [-0.1, -0.05) is 0 Å². The molecule has 19 heavy (non-hydrogen) atoms. The first kappa shape index (κ1) is 15.3. The summed E-state index contributed by atoms with van der Waals surface area (Å²) in [6, 6.07) is 3.23. The highest BCUT2D eigenvalue weighted by Crippen LogP contribution is 2.29. The van der Waals surface area contributed by atoms with Gasteiger partial charge in [0.25, 0.3) is 0 Å². The Morgan fingerprint density at radius 2 is 1.89 bits per heavy atom. The molecule has 0 aliphatic heterocycles. The molecule has 0 fully saturated rings. The third kappa shape index (κ3) is 3.61. The molecule has 5 nitrogen and oxygen atoms in total. The number of carboxylic acid groups (broad SMARTS) is 1. The van der Waals surface area contributed by atoms with Crippen LogP contribution in [-0.2, 0) is 11.3 Å². The third-order valence-corrected chi connectivity index (χ3v) is 3.24. The zero-order valence-corrected chi connectivity index (χ0v) is 12.1. The molecule has 0 aliphatic rings. The summed E-state index contributed by atoms with van der Waals surface area (Å²) in [5.74, 6) is 0.662. The molecule has 1 atom stereocenters. The molecule has 1 N–H and O–H groups in total. The number of ether oxygens (including phenoxy) is 2. The highest BCUT2D eigenvalue weighted by molar-refractivity contribution is 5.72. The van der Waals surface area contributed by atoms with Gasteiger partial charge in [0, 0.05) is 12.1 Å². The lowest BCUT2D eigenvalue weighted by Gasteiger charge is -2.23. The fraction of sp³-hybridized carbons (Fsp3) is 0.500. The smallest absolute Gasteiger partial charge is 0.320 e. The zero-order chi connectivity index (χ0) is 14.6. The van der Waals surface area contributed by atoms with Crippen molar-refractivity contribution in [2.75, 3.05) is 21.3 Å². The van der Waals surface area contributed by atoms with Crippen LogP contribution in [0, 0.1) is 6.92 Å². The number of nitrogens with zero attached hydrogens (tertiary/aromatic N) is 1. The van der Waals surface area contributed by atoms with Crippen molar-refractivity contribution in [3.63, 3.8) is 0 Å². The maximum atomic E-state index is 11.0. The van der Waals surface area contributed by atoms with Crippen LogP contribution in [0.2, 0.25) is 0 Å². The van der Waals surface area contributed by atoms with E-state index in [-0.39, 0.29) is 0 Å². The molecule has 0 aromatic heterocycles. The molecular weight excluding hydrogens is 246 g/mol. The normalized spacial score (nSPS) is 12.3. The van der Waals surface area contributed by atoms with Crippen molar-refractivity contribution in [3.05, 3.63) is 23.3 Å². The molecule has 0 heterocycles. The number of aliphatic carboxylic acids is 1. The second-order valence-electron chi connectivity index (χ2n) is 4.56. The Labute approximate surface area is 113 Å². The van der Waals surface area contributed by atoms with Crippen LogP contribution in [0.4, 0.5) is 0 Å². The predicted molar refractivity (Wildman–Crippen MR) is 72.8 cm³/mol. The van der Waals surface area contributed by atoms with Crippen molar-refractivity contribution in [2.45, 2.75) is 26.4 Å². The molecule has 1 aromatic rings. The summed E-state index contributed by atoms with van der Waals surface area (Å²) in [7, 11) is 4.98.